The molecule has 0 aliphatic carbocycles. The van der Waals surface area contributed by atoms with Gasteiger partial charge in [0, 0.05) is 26.6 Å². The molecule has 0 atom stereocenters. The number of carbonyl (C=O) groups excluding carboxylic acids is 1. The molecule has 0 saturated carbocycles. The third-order valence-electron chi connectivity index (χ3n) is 2.17. The van der Waals surface area contributed by atoms with Crippen LogP contribution in [0.1, 0.15) is 24.2 Å². The number of amides is 1. The van der Waals surface area contributed by atoms with Crippen LogP contribution in [0.15, 0.2) is 18.2 Å². The first-order valence-electron chi connectivity index (χ1n) is 5.08. The average Bonchev–Trinajstić information content (AvgIpc) is 2.28. The number of nitrogens with zero attached hydrogens (tertiary/aromatic N) is 1. The highest BCUT2D eigenvalue weighted by Gasteiger charge is 2.22. The van der Waals surface area contributed by atoms with E-state index in [0.717, 1.165) is 0 Å². The molecule has 0 heterocycles. The van der Waals surface area contributed by atoms with E-state index in [1.165, 1.54) is 19.2 Å². The molecule has 0 aliphatic heterocycles. The lowest BCUT2D eigenvalue weighted by Gasteiger charge is -2.15. The zero-order chi connectivity index (χ0) is 13.1. The summed E-state index contributed by atoms with van der Waals surface area (Å²) in [5.74, 6) is -1.09. The van der Waals surface area contributed by atoms with Crippen molar-refractivity contribution in [3.8, 4) is 0 Å². The number of benzene rings is 1. The van der Waals surface area contributed by atoms with Crippen LogP contribution in [0.3, 0.4) is 0 Å². The summed E-state index contributed by atoms with van der Waals surface area (Å²) in [5.41, 5.74) is -0.351. The van der Waals surface area contributed by atoms with Crippen LogP contribution in [0.25, 0.3) is 4.85 Å². The summed E-state index contributed by atoms with van der Waals surface area (Å²) in [7, 11) is 1.44. The topological polar surface area (TPSA) is 45.5 Å². The lowest BCUT2D eigenvalue weighted by atomic mass is 10.1. The van der Waals surface area contributed by atoms with Crippen molar-refractivity contribution in [1.29, 1.82) is 0 Å². The summed E-state index contributed by atoms with van der Waals surface area (Å²) in [4.78, 5) is 14.6. The Morgan fingerprint density at radius 2 is 2.12 bits per heavy atom. The van der Waals surface area contributed by atoms with E-state index in [4.69, 9.17) is 6.57 Å². The van der Waals surface area contributed by atoms with Crippen LogP contribution in [0, 0.1) is 12.4 Å². The second-order valence-electron chi connectivity index (χ2n) is 4.07. The number of rotatable bonds is 3. The van der Waals surface area contributed by atoms with E-state index in [2.05, 4.69) is 15.5 Å². The van der Waals surface area contributed by atoms with Crippen molar-refractivity contribution < 1.29 is 9.18 Å². The molecule has 1 rings (SSSR count). The number of hydrogen-bond donors (Lipinski definition) is 2. The predicted octanol–water partition coefficient (Wildman–Crippen LogP) is 2.25. The Kier molecular flexibility index (Phi) is 3.69. The molecule has 0 aliphatic rings. The van der Waals surface area contributed by atoms with E-state index in [1.54, 1.807) is 19.9 Å². The van der Waals surface area contributed by atoms with Crippen LogP contribution in [0.5, 0.6) is 0 Å². The van der Waals surface area contributed by atoms with Gasteiger partial charge in [-0.1, -0.05) is 0 Å². The van der Waals surface area contributed by atoms with Gasteiger partial charge in [-0.2, -0.15) is 0 Å². The summed E-state index contributed by atoms with van der Waals surface area (Å²) in [6, 6.07) is 4.16. The Morgan fingerprint density at radius 1 is 1.47 bits per heavy atom. The molecule has 0 spiro atoms. The third-order valence-corrected chi connectivity index (χ3v) is 2.17. The maximum absolute atomic E-state index is 13.6. The van der Waals surface area contributed by atoms with E-state index in [-0.39, 0.29) is 5.56 Å². The Balaban J connectivity index is 2.98. The molecule has 4 nitrogen and oxygen atoms in total. The van der Waals surface area contributed by atoms with Gasteiger partial charge in [-0.25, -0.2) is 11.0 Å². The minimum Gasteiger partial charge on any atom is -0.355 e. The fourth-order valence-electron chi connectivity index (χ4n) is 1.29. The van der Waals surface area contributed by atoms with Crippen molar-refractivity contribution in [2.45, 2.75) is 19.5 Å². The van der Waals surface area contributed by atoms with Crippen molar-refractivity contribution in [3.63, 3.8) is 0 Å². The monoisotopic (exact) mass is 235 g/mol. The highest BCUT2D eigenvalue weighted by atomic mass is 19.1. The van der Waals surface area contributed by atoms with E-state index < -0.39 is 17.4 Å². The summed E-state index contributed by atoms with van der Waals surface area (Å²) in [5, 5.41) is 5.22. The van der Waals surface area contributed by atoms with Crippen molar-refractivity contribution in [1.82, 2.24) is 5.32 Å². The van der Waals surface area contributed by atoms with Crippen LogP contribution < -0.4 is 10.6 Å². The van der Waals surface area contributed by atoms with Crippen LogP contribution in [0.2, 0.25) is 0 Å². The predicted molar refractivity (Wildman–Crippen MR) is 64.1 cm³/mol. The maximum Gasteiger partial charge on any atom is 0.299 e. The molecule has 0 bridgehead atoms. The Bertz CT molecular complexity index is 477. The van der Waals surface area contributed by atoms with Crippen LogP contribution >= 0.6 is 0 Å². The minimum absolute atomic E-state index is 0.0151. The highest BCUT2D eigenvalue weighted by molar-refractivity contribution is 5.94. The number of nitrogens with one attached hydrogen (secondary N) is 2. The van der Waals surface area contributed by atoms with Gasteiger partial charge in [0.15, 0.2) is 0 Å². The van der Waals surface area contributed by atoms with Gasteiger partial charge in [-0.15, -0.1) is 0 Å². The third kappa shape index (κ3) is 3.18. The molecule has 90 valence electrons. The van der Waals surface area contributed by atoms with Crippen molar-refractivity contribution in [2.24, 2.45) is 0 Å². The Morgan fingerprint density at radius 3 is 2.59 bits per heavy atom. The SMILES string of the molecule is [C-]#[N+]C(C)(C)Nc1ccc(C(=O)NC)c(F)c1. The quantitative estimate of drug-likeness (QED) is 0.789. The minimum atomic E-state index is -0.805. The van der Waals surface area contributed by atoms with Gasteiger partial charge in [-0.05, 0) is 18.2 Å². The van der Waals surface area contributed by atoms with Gasteiger partial charge < -0.3 is 10.6 Å². The summed E-state index contributed by atoms with van der Waals surface area (Å²) < 4.78 is 13.6. The molecule has 17 heavy (non-hydrogen) atoms. The normalized spacial score (nSPS) is 10.5. The largest absolute Gasteiger partial charge is 0.355 e. The number of carbonyl (C=O) groups is 1. The molecule has 0 saturated heterocycles. The molecular weight excluding hydrogens is 221 g/mol. The molecular formula is C12H14FN3O. The molecule has 1 aromatic rings. The van der Waals surface area contributed by atoms with Crippen molar-refractivity contribution in [2.75, 3.05) is 12.4 Å². The summed E-state index contributed by atoms with van der Waals surface area (Å²) in [6.07, 6.45) is 0. The zero-order valence-electron chi connectivity index (χ0n) is 9.97. The lowest BCUT2D eigenvalue weighted by molar-refractivity contribution is 0.0959. The molecule has 0 fully saturated rings. The molecule has 1 amide bonds. The molecule has 0 radical (unpaired) electrons. The van der Waals surface area contributed by atoms with Gasteiger partial charge in [0.2, 0.25) is 0 Å². The molecule has 1 aromatic carbocycles. The zero-order valence-corrected chi connectivity index (χ0v) is 9.97. The van der Waals surface area contributed by atoms with Gasteiger partial charge in [0.05, 0.1) is 5.56 Å². The van der Waals surface area contributed by atoms with Gasteiger partial charge in [0.1, 0.15) is 5.82 Å². The van der Waals surface area contributed by atoms with Crippen LogP contribution in [0.4, 0.5) is 10.1 Å². The number of halogens is 1. The van der Waals surface area contributed by atoms with E-state index in [9.17, 15) is 9.18 Å². The molecule has 0 unspecified atom stereocenters. The van der Waals surface area contributed by atoms with Crippen molar-refractivity contribution >= 4 is 11.6 Å². The fourth-order valence-corrected chi connectivity index (χ4v) is 1.29. The smallest absolute Gasteiger partial charge is 0.299 e. The Labute approximate surface area is 99.7 Å². The lowest BCUT2D eigenvalue weighted by Crippen LogP contribution is -2.26. The van der Waals surface area contributed by atoms with Crippen LogP contribution in [-0.4, -0.2) is 18.6 Å². The second-order valence-corrected chi connectivity index (χ2v) is 4.07. The fraction of sp³-hybridized carbons (Fsp3) is 0.333. The summed E-state index contributed by atoms with van der Waals surface area (Å²) in [6.45, 7) is 10.3. The average molecular weight is 235 g/mol. The first kappa shape index (κ1) is 13.0. The first-order chi connectivity index (χ1) is 7.89. The number of hydrogen-bond acceptors (Lipinski definition) is 2. The second kappa shape index (κ2) is 4.83. The highest BCUT2D eigenvalue weighted by Crippen LogP contribution is 2.19. The number of anilines is 1. The molecule has 0 aromatic heterocycles. The van der Waals surface area contributed by atoms with Gasteiger partial charge in [-0.3, -0.25) is 9.64 Å². The molecule has 5 heteroatoms. The van der Waals surface area contributed by atoms with E-state index in [1.807, 2.05) is 0 Å². The van der Waals surface area contributed by atoms with E-state index in [0.29, 0.717) is 5.69 Å². The molecule has 2 N–H and O–H groups in total. The van der Waals surface area contributed by atoms with Gasteiger partial charge >= 0.3 is 0 Å². The first-order valence-corrected chi connectivity index (χ1v) is 5.08. The van der Waals surface area contributed by atoms with Gasteiger partial charge in [0.25, 0.3) is 11.6 Å². The summed E-state index contributed by atoms with van der Waals surface area (Å²) >= 11 is 0. The standard InChI is InChI=1S/C12H14FN3O/c1-12(2,15-4)16-8-5-6-9(10(13)7-8)11(17)14-3/h5-7,16H,1-3H3,(H,14,17). The van der Waals surface area contributed by atoms with E-state index >= 15 is 0 Å². The van der Waals surface area contributed by atoms with Crippen LogP contribution in [-0.2, 0) is 0 Å². The maximum atomic E-state index is 13.6. The Hall–Kier alpha value is -2.09. The van der Waals surface area contributed by atoms with Crippen molar-refractivity contribution in [3.05, 3.63) is 41.0 Å².